The first-order valence-corrected chi connectivity index (χ1v) is 8.24. The van der Waals surface area contributed by atoms with Crippen LogP contribution in [0.1, 0.15) is 33.1 Å². The standard InChI is InChI=1S/C16H30N2O4/c1-4-5-6-15(19)18(13-14(2)16(20)21-3)8-7-17-9-11-22-12-10-17/h14H,4-13H2,1-3H3. The van der Waals surface area contributed by atoms with E-state index in [-0.39, 0.29) is 17.8 Å². The fourth-order valence-electron chi connectivity index (χ4n) is 2.50. The molecule has 0 aliphatic carbocycles. The molecule has 1 aliphatic rings. The molecule has 1 heterocycles. The molecule has 0 aromatic carbocycles. The minimum atomic E-state index is -0.291. The van der Waals surface area contributed by atoms with Gasteiger partial charge in [0.15, 0.2) is 0 Å². The Morgan fingerprint density at radius 2 is 2.00 bits per heavy atom. The quantitative estimate of drug-likeness (QED) is 0.598. The van der Waals surface area contributed by atoms with Crippen molar-refractivity contribution in [2.75, 3.05) is 53.0 Å². The van der Waals surface area contributed by atoms with Gasteiger partial charge in [0.05, 0.1) is 26.2 Å². The molecule has 0 spiro atoms. The molecule has 6 nitrogen and oxygen atoms in total. The molecule has 0 radical (unpaired) electrons. The summed E-state index contributed by atoms with van der Waals surface area (Å²) in [4.78, 5) is 28.1. The summed E-state index contributed by atoms with van der Waals surface area (Å²) in [6.45, 7) is 9.11. The van der Waals surface area contributed by atoms with E-state index < -0.39 is 0 Å². The zero-order valence-electron chi connectivity index (χ0n) is 14.2. The summed E-state index contributed by atoms with van der Waals surface area (Å²) in [7, 11) is 1.38. The van der Waals surface area contributed by atoms with Gasteiger partial charge in [-0.3, -0.25) is 14.5 Å². The number of nitrogens with zero attached hydrogens (tertiary/aromatic N) is 2. The molecule has 0 bridgehead atoms. The van der Waals surface area contributed by atoms with E-state index >= 15 is 0 Å². The molecule has 1 aliphatic heterocycles. The third-order valence-electron chi connectivity index (χ3n) is 3.98. The number of esters is 1. The molecule has 1 amide bonds. The van der Waals surface area contributed by atoms with Crippen molar-refractivity contribution in [3.05, 3.63) is 0 Å². The number of methoxy groups -OCH3 is 1. The predicted octanol–water partition coefficient (Wildman–Crippen LogP) is 1.15. The van der Waals surface area contributed by atoms with E-state index in [1.165, 1.54) is 7.11 Å². The Kier molecular flexibility index (Phi) is 9.08. The van der Waals surface area contributed by atoms with Crippen LogP contribution in [0.4, 0.5) is 0 Å². The molecule has 1 atom stereocenters. The van der Waals surface area contributed by atoms with E-state index in [0.717, 1.165) is 45.7 Å². The molecule has 1 fully saturated rings. The molecule has 22 heavy (non-hydrogen) atoms. The molecule has 1 unspecified atom stereocenters. The van der Waals surface area contributed by atoms with Crippen molar-refractivity contribution < 1.29 is 19.1 Å². The number of carbonyl (C=O) groups is 2. The van der Waals surface area contributed by atoms with Crippen molar-refractivity contribution in [2.45, 2.75) is 33.1 Å². The van der Waals surface area contributed by atoms with Gasteiger partial charge in [-0.1, -0.05) is 20.3 Å². The Morgan fingerprint density at radius 3 is 2.59 bits per heavy atom. The minimum Gasteiger partial charge on any atom is -0.469 e. The van der Waals surface area contributed by atoms with Gasteiger partial charge < -0.3 is 14.4 Å². The Hall–Kier alpha value is -1.14. The van der Waals surface area contributed by atoms with Crippen molar-refractivity contribution in [3.8, 4) is 0 Å². The van der Waals surface area contributed by atoms with E-state index in [1.54, 1.807) is 6.92 Å². The van der Waals surface area contributed by atoms with Gasteiger partial charge in [0, 0.05) is 39.1 Å². The van der Waals surface area contributed by atoms with Crippen LogP contribution in [-0.4, -0.2) is 74.7 Å². The zero-order chi connectivity index (χ0) is 16.4. The maximum Gasteiger partial charge on any atom is 0.310 e. The molecule has 6 heteroatoms. The van der Waals surface area contributed by atoms with Crippen LogP contribution in [0, 0.1) is 5.92 Å². The molecule has 0 N–H and O–H groups in total. The highest BCUT2D eigenvalue weighted by Crippen LogP contribution is 2.08. The Balaban J connectivity index is 2.52. The summed E-state index contributed by atoms with van der Waals surface area (Å²) in [5.41, 5.74) is 0. The van der Waals surface area contributed by atoms with Gasteiger partial charge in [-0.25, -0.2) is 0 Å². The lowest BCUT2D eigenvalue weighted by Gasteiger charge is -2.31. The highest BCUT2D eigenvalue weighted by Gasteiger charge is 2.22. The normalized spacial score (nSPS) is 17.0. The third kappa shape index (κ3) is 6.75. The Morgan fingerprint density at radius 1 is 1.32 bits per heavy atom. The summed E-state index contributed by atoms with van der Waals surface area (Å²) >= 11 is 0. The summed E-state index contributed by atoms with van der Waals surface area (Å²) in [6, 6.07) is 0. The fraction of sp³-hybridized carbons (Fsp3) is 0.875. The van der Waals surface area contributed by atoms with E-state index in [9.17, 15) is 9.59 Å². The molecule has 1 rings (SSSR count). The average molecular weight is 314 g/mol. The lowest BCUT2D eigenvalue weighted by atomic mass is 10.1. The number of morpholine rings is 1. The number of unbranched alkanes of at least 4 members (excludes halogenated alkanes) is 1. The topological polar surface area (TPSA) is 59.1 Å². The van der Waals surface area contributed by atoms with E-state index in [4.69, 9.17) is 9.47 Å². The van der Waals surface area contributed by atoms with Crippen LogP contribution >= 0.6 is 0 Å². The van der Waals surface area contributed by atoms with E-state index in [0.29, 0.717) is 19.5 Å². The highest BCUT2D eigenvalue weighted by molar-refractivity contribution is 5.78. The number of hydrogen-bond donors (Lipinski definition) is 0. The van der Waals surface area contributed by atoms with E-state index in [1.807, 2.05) is 4.90 Å². The van der Waals surface area contributed by atoms with E-state index in [2.05, 4.69) is 11.8 Å². The minimum absolute atomic E-state index is 0.130. The summed E-state index contributed by atoms with van der Waals surface area (Å²) in [5, 5.41) is 0. The van der Waals surface area contributed by atoms with Gasteiger partial charge in [-0.15, -0.1) is 0 Å². The van der Waals surface area contributed by atoms with Crippen LogP contribution in [0.2, 0.25) is 0 Å². The third-order valence-corrected chi connectivity index (χ3v) is 3.98. The zero-order valence-corrected chi connectivity index (χ0v) is 14.2. The summed E-state index contributed by atoms with van der Waals surface area (Å²) < 4.78 is 10.1. The van der Waals surface area contributed by atoms with Gasteiger partial charge >= 0.3 is 5.97 Å². The molecular weight excluding hydrogens is 284 g/mol. The van der Waals surface area contributed by atoms with Crippen LogP contribution in [0.3, 0.4) is 0 Å². The molecule has 0 aromatic heterocycles. The molecular formula is C16H30N2O4. The number of amides is 1. The fourth-order valence-corrected chi connectivity index (χ4v) is 2.50. The molecule has 0 aromatic rings. The summed E-state index contributed by atoms with van der Waals surface area (Å²) in [5.74, 6) is -0.425. The monoisotopic (exact) mass is 314 g/mol. The van der Waals surface area contributed by atoms with Crippen LogP contribution in [0.5, 0.6) is 0 Å². The molecule has 1 saturated heterocycles. The predicted molar refractivity (Wildman–Crippen MR) is 84.5 cm³/mol. The SMILES string of the molecule is CCCCC(=O)N(CCN1CCOCC1)CC(C)C(=O)OC. The molecule has 128 valence electrons. The van der Waals surface area contributed by atoms with Crippen molar-refractivity contribution >= 4 is 11.9 Å². The second-order valence-corrected chi connectivity index (χ2v) is 5.82. The number of carbonyl (C=O) groups excluding carboxylic acids is 2. The lowest BCUT2D eigenvalue weighted by molar-refractivity contribution is -0.146. The van der Waals surface area contributed by atoms with Crippen LogP contribution in [-0.2, 0) is 19.1 Å². The van der Waals surface area contributed by atoms with Gasteiger partial charge in [-0.05, 0) is 6.42 Å². The van der Waals surface area contributed by atoms with Gasteiger partial charge in [-0.2, -0.15) is 0 Å². The maximum absolute atomic E-state index is 12.4. The average Bonchev–Trinajstić information content (AvgIpc) is 2.56. The van der Waals surface area contributed by atoms with Gasteiger partial charge in [0.1, 0.15) is 0 Å². The second kappa shape index (κ2) is 10.6. The molecule has 0 saturated carbocycles. The number of rotatable bonds is 9. The highest BCUT2D eigenvalue weighted by atomic mass is 16.5. The number of hydrogen-bond acceptors (Lipinski definition) is 5. The summed E-state index contributed by atoms with van der Waals surface area (Å²) in [6.07, 6.45) is 2.43. The second-order valence-electron chi connectivity index (χ2n) is 5.82. The Bertz CT molecular complexity index is 343. The first-order chi connectivity index (χ1) is 10.6. The van der Waals surface area contributed by atoms with Gasteiger partial charge in [0.25, 0.3) is 0 Å². The van der Waals surface area contributed by atoms with Crippen molar-refractivity contribution in [1.82, 2.24) is 9.80 Å². The maximum atomic E-state index is 12.4. The smallest absolute Gasteiger partial charge is 0.310 e. The number of ether oxygens (including phenoxy) is 2. The van der Waals surface area contributed by atoms with Crippen LogP contribution < -0.4 is 0 Å². The van der Waals surface area contributed by atoms with Crippen molar-refractivity contribution in [1.29, 1.82) is 0 Å². The van der Waals surface area contributed by atoms with Crippen molar-refractivity contribution in [2.24, 2.45) is 5.92 Å². The van der Waals surface area contributed by atoms with Crippen molar-refractivity contribution in [3.63, 3.8) is 0 Å². The van der Waals surface area contributed by atoms with Gasteiger partial charge in [0.2, 0.25) is 5.91 Å². The first kappa shape index (κ1) is 18.9. The lowest BCUT2D eigenvalue weighted by Crippen LogP contribution is -2.45. The first-order valence-electron chi connectivity index (χ1n) is 8.24. The Labute approximate surface area is 133 Å². The largest absolute Gasteiger partial charge is 0.469 e. The van der Waals surface area contributed by atoms with Crippen LogP contribution in [0.25, 0.3) is 0 Å². The van der Waals surface area contributed by atoms with Crippen LogP contribution in [0.15, 0.2) is 0 Å².